The molecule has 1 aromatic carbocycles. The molecule has 0 radical (unpaired) electrons. The van der Waals surface area contributed by atoms with Gasteiger partial charge in [-0.1, -0.05) is 29.3 Å². The molecule has 136 valence electrons. The van der Waals surface area contributed by atoms with Crippen molar-refractivity contribution in [3.05, 3.63) is 55.7 Å². The van der Waals surface area contributed by atoms with Crippen molar-refractivity contribution in [2.24, 2.45) is 0 Å². The topological polar surface area (TPSA) is 75.3 Å². The van der Waals surface area contributed by atoms with Gasteiger partial charge in [0.25, 0.3) is 5.91 Å². The van der Waals surface area contributed by atoms with Crippen LogP contribution in [0, 0.1) is 0 Å². The predicted octanol–water partition coefficient (Wildman–Crippen LogP) is 3.64. The van der Waals surface area contributed by atoms with E-state index in [1.807, 2.05) is 13.0 Å². The summed E-state index contributed by atoms with van der Waals surface area (Å²) in [6, 6.07) is 8.43. The highest BCUT2D eigenvalue weighted by Gasteiger charge is 2.16. The standard InChI is InChI=1S/C16H18Cl2N2O3S2/c1-10(13-5-3-11(17)9-14(13)18)20-16(21)15-6-4-12(24-15)7-8-19-25(2,22)23/h3-6,9-10,19H,7-8H2,1-2H3,(H,20,21). The van der Waals surface area contributed by atoms with Gasteiger partial charge in [0.05, 0.1) is 17.2 Å². The quantitative estimate of drug-likeness (QED) is 0.717. The first kappa shape index (κ1) is 20.2. The number of carbonyl (C=O) groups is 1. The minimum atomic E-state index is -3.20. The Morgan fingerprint density at radius 2 is 1.96 bits per heavy atom. The molecule has 2 rings (SSSR count). The van der Waals surface area contributed by atoms with E-state index in [9.17, 15) is 13.2 Å². The van der Waals surface area contributed by atoms with Gasteiger partial charge in [-0.2, -0.15) is 0 Å². The summed E-state index contributed by atoms with van der Waals surface area (Å²) in [5.74, 6) is -0.203. The normalized spacial score (nSPS) is 12.8. The maximum atomic E-state index is 12.4. The van der Waals surface area contributed by atoms with Crippen LogP contribution in [0.15, 0.2) is 30.3 Å². The van der Waals surface area contributed by atoms with Crippen LogP contribution in [-0.2, 0) is 16.4 Å². The lowest BCUT2D eigenvalue weighted by Gasteiger charge is -2.15. The summed E-state index contributed by atoms with van der Waals surface area (Å²) >= 11 is 13.4. The zero-order valence-electron chi connectivity index (χ0n) is 13.7. The summed E-state index contributed by atoms with van der Waals surface area (Å²) in [6.07, 6.45) is 1.65. The number of sulfonamides is 1. The molecule has 2 aromatic rings. The van der Waals surface area contributed by atoms with E-state index >= 15 is 0 Å². The smallest absolute Gasteiger partial charge is 0.261 e. The fraction of sp³-hybridized carbons (Fsp3) is 0.312. The Balaban J connectivity index is 1.96. The van der Waals surface area contributed by atoms with E-state index < -0.39 is 10.0 Å². The Labute approximate surface area is 161 Å². The molecule has 1 unspecified atom stereocenters. The Bertz CT molecular complexity index is 866. The highest BCUT2D eigenvalue weighted by molar-refractivity contribution is 7.88. The molecule has 9 heteroatoms. The Morgan fingerprint density at radius 1 is 1.24 bits per heavy atom. The van der Waals surface area contributed by atoms with E-state index in [2.05, 4.69) is 10.0 Å². The summed E-state index contributed by atoms with van der Waals surface area (Å²) in [4.78, 5) is 13.9. The van der Waals surface area contributed by atoms with Crippen molar-refractivity contribution in [2.75, 3.05) is 12.8 Å². The molecule has 0 spiro atoms. The van der Waals surface area contributed by atoms with E-state index in [1.54, 1.807) is 24.3 Å². The lowest BCUT2D eigenvalue weighted by Crippen LogP contribution is -2.26. The number of hydrogen-bond acceptors (Lipinski definition) is 4. The first-order chi connectivity index (χ1) is 11.7. The van der Waals surface area contributed by atoms with Gasteiger partial charge in [-0.05, 0) is 43.2 Å². The second kappa shape index (κ2) is 8.51. The maximum absolute atomic E-state index is 12.4. The Hall–Kier alpha value is -1.12. The summed E-state index contributed by atoms with van der Waals surface area (Å²) < 4.78 is 24.5. The SMILES string of the molecule is CC(NC(=O)c1ccc(CCNS(C)(=O)=O)s1)c1ccc(Cl)cc1Cl. The largest absolute Gasteiger partial charge is 0.345 e. The molecule has 0 saturated carbocycles. The average molecular weight is 421 g/mol. The second-order valence-electron chi connectivity index (χ2n) is 5.54. The Morgan fingerprint density at radius 3 is 2.60 bits per heavy atom. The van der Waals surface area contributed by atoms with Gasteiger partial charge in [0.15, 0.2) is 0 Å². The van der Waals surface area contributed by atoms with Gasteiger partial charge in [0.2, 0.25) is 10.0 Å². The lowest BCUT2D eigenvalue weighted by molar-refractivity contribution is 0.0944. The molecule has 0 aliphatic heterocycles. The fourth-order valence-electron chi connectivity index (χ4n) is 2.19. The number of rotatable bonds is 7. The molecule has 1 heterocycles. The summed E-state index contributed by atoms with van der Waals surface area (Å²) in [6.45, 7) is 2.15. The summed E-state index contributed by atoms with van der Waals surface area (Å²) in [5, 5.41) is 3.94. The summed E-state index contributed by atoms with van der Waals surface area (Å²) in [7, 11) is -3.20. The highest BCUT2D eigenvalue weighted by atomic mass is 35.5. The third-order valence-electron chi connectivity index (χ3n) is 3.40. The van der Waals surface area contributed by atoms with Crippen molar-refractivity contribution < 1.29 is 13.2 Å². The highest BCUT2D eigenvalue weighted by Crippen LogP contribution is 2.26. The van der Waals surface area contributed by atoms with E-state index in [4.69, 9.17) is 23.2 Å². The molecule has 5 nitrogen and oxygen atoms in total. The summed E-state index contributed by atoms with van der Waals surface area (Å²) in [5.41, 5.74) is 0.786. The molecule has 2 N–H and O–H groups in total. The number of nitrogens with one attached hydrogen (secondary N) is 2. The maximum Gasteiger partial charge on any atom is 0.261 e. The van der Waals surface area contributed by atoms with Gasteiger partial charge in [0.1, 0.15) is 0 Å². The van der Waals surface area contributed by atoms with Gasteiger partial charge >= 0.3 is 0 Å². The minimum absolute atomic E-state index is 0.203. The van der Waals surface area contributed by atoms with E-state index in [0.717, 1.165) is 16.7 Å². The van der Waals surface area contributed by atoms with Crippen LogP contribution in [0.4, 0.5) is 0 Å². The Kier molecular flexibility index (Phi) is 6.87. The van der Waals surface area contributed by atoms with Crippen molar-refractivity contribution in [1.29, 1.82) is 0 Å². The van der Waals surface area contributed by atoms with E-state index in [-0.39, 0.29) is 11.9 Å². The average Bonchev–Trinajstić information content (AvgIpc) is 2.94. The van der Waals surface area contributed by atoms with Gasteiger partial charge in [0, 0.05) is 21.5 Å². The van der Waals surface area contributed by atoms with Gasteiger partial charge in [-0.25, -0.2) is 13.1 Å². The molecule has 0 bridgehead atoms. The van der Waals surface area contributed by atoms with Crippen LogP contribution in [0.1, 0.15) is 33.1 Å². The van der Waals surface area contributed by atoms with Crippen LogP contribution in [0.2, 0.25) is 10.0 Å². The van der Waals surface area contributed by atoms with Crippen molar-refractivity contribution in [3.8, 4) is 0 Å². The molecule has 0 aliphatic rings. The predicted molar refractivity (Wildman–Crippen MR) is 103 cm³/mol. The fourth-order valence-corrected chi connectivity index (χ4v) is 4.15. The number of amides is 1. The number of hydrogen-bond donors (Lipinski definition) is 2. The van der Waals surface area contributed by atoms with Crippen molar-refractivity contribution in [2.45, 2.75) is 19.4 Å². The van der Waals surface area contributed by atoms with Crippen LogP contribution in [-0.4, -0.2) is 27.1 Å². The first-order valence-corrected chi connectivity index (χ1v) is 10.9. The van der Waals surface area contributed by atoms with Gasteiger partial charge in [-0.3, -0.25) is 4.79 Å². The number of thiophene rings is 1. The molecule has 0 saturated heterocycles. The monoisotopic (exact) mass is 420 g/mol. The van der Waals surface area contributed by atoms with E-state index in [1.165, 1.54) is 11.3 Å². The molecular formula is C16H18Cl2N2O3S2. The molecular weight excluding hydrogens is 403 g/mol. The zero-order valence-corrected chi connectivity index (χ0v) is 16.8. The number of benzene rings is 1. The molecule has 1 amide bonds. The van der Waals surface area contributed by atoms with Crippen molar-refractivity contribution >= 4 is 50.5 Å². The zero-order chi connectivity index (χ0) is 18.6. The third-order valence-corrected chi connectivity index (χ3v) is 5.83. The van der Waals surface area contributed by atoms with Crippen LogP contribution < -0.4 is 10.0 Å². The van der Waals surface area contributed by atoms with Gasteiger partial charge in [-0.15, -0.1) is 11.3 Å². The second-order valence-corrected chi connectivity index (χ2v) is 9.39. The molecule has 0 aliphatic carbocycles. The molecule has 0 fully saturated rings. The molecule has 1 atom stereocenters. The van der Waals surface area contributed by atoms with Crippen LogP contribution in [0.5, 0.6) is 0 Å². The molecule has 1 aromatic heterocycles. The van der Waals surface area contributed by atoms with Crippen molar-refractivity contribution in [1.82, 2.24) is 10.0 Å². The van der Waals surface area contributed by atoms with Crippen LogP contribution in [0.3, 0.4) is 0 Å². The number of halogens is 2. The number of carbonyl (C=O) groups excluding carboxylic acids is 1. The third kappa shape index (κ3) is 6.27. The van der Waals surface area contributed by atoms with Crippen LogP contribution in [0.25, 0.3) is 0 Å². The van der Waals surface area contributed by atoms with E-state index in [0.29, 0.717) is 27.9 Å². The molecule has 25 heavy (non-hydrogen) atoms. The lowest BCUT2D eigenvalue weighted by atomic mass is 10.1. The first-order valence-electron chi connectivity index (χ1n) is 7.45. The van der Waals surface area contributed by atoms with Crippen LogP contribution >= 0.6 is 34.5 Å². The van der Waals surface area contributed by atoms with Crippen molar-refractivity contribution in [3.63, 3.8) is 0 Å². The van der Waals surface area contributed by atoms with Gasteiger partial charge < -0.3 is 5.32 Å². The minimum Gasteiger partial charge on any atom is -0.345 e.